The molecule has 0 saturated heterocycles. The highest BCUT2D eigenvalue weighted by Crippen LogP contribution is 2.35. The monoisotopic (exact) mass is 373 g/mol. The van der Waals surface area contributed by atoms with Crippen molar-refractivity contribution in [1.29, 1.82) is 0 Å². The number of halogens is 2. The van der Waals surface area contributed by atoms with Crippen LogP contribution in [0.3, 0.4) is 0 Å². The second-order valence-electron chi connectivity index (χ2n) is 6.07. The molecule has 1 aliphatic rings. The van der Waals surface area contributed by atoms with E-state index in [4.69, 9.17) is 23.2 Å². The molecular formula is C20H21Cl2N3. The van der Waals surface area contributed by atoms with Gasteiger partial charge in [-0.2, -0.15) is 5.10 Å². The largest absolute Gasteiger partial charge is 0.320 e. The van der Waals surface area contributed by atoms with E-state index in [1.165, 1.54) is 11.1 Å². The van der Waals surface area contributed by atoms with Crippen molar-refractivity contribution >= 4 is 29.4 Å². The number of nitrogens with one attached hydrogen (secondary N) is 2. The lowest BCUT2D eigenvalue weighted by Crippen LogP contribution is -2.14. The molecule has 2 atom stereocenters. The van der Waals surface area contributed by atoms with Gasteiger partial charge < -0.3 is 5.32 Å². The summed E-state index contributed by atoms with van der Waals surface area (Å²) in [6.45, 7) is 0.912. The van der Waals surface area contributed by atoms with Crippen LogP contribution in [-0.4, -0.2) is 19.8 Å². The van der Waals surface area contributed by atoms with Gasteiger partial charge in [0.2, 0.25) is 0 Å². The van der Waals surface area contributed by atoms with Crippen molar-refractivity contribution in [1.82, 2.24) is 10.7 Å². The van der Waals surface area contributed by atoms with Crippen LogP contribution in [0.25, 0.3) is 0 Å². The summed E-state index contributed by atoms with van der Waals surface area (Å²) in [6, 6.07) is 14.4. The van der Waals surface area contributed by atoms with Crippen LogP contribution < -0.4 is 10.7 Å². The van der Waals surface area contributed by atoms with Crippen molar-refractivity contribution in [3.8, 4) is 0 Å². The minimum atomic E-state index is 0.213. The Labute approximate surface area is 158 Å². The molecule has 0 aromatic heterocycles. The van der Waals surface area contributed by atoms with Crippen molar-refractivity contribution in [3.05, 3.63) is 81.5 Å². The molecule has 0 bridgehead atoms. The number of hydrogen-bond donors (Lipinski definition) is 2. The van der Waals surface area contributed by atoms with Crippen LogP contribution in [0.15, 0.2) is 59.8 Å². The van der Waals surface area contributed by atoms with E-state index in [0.29, 0.717) is 10.0 Å². The predicted octanol–water partition coefficient (Wildman–Crippen LogP) is 4.92. The number of allylic oxidation sites excluding steroid dienone is 1. The molecule has 2 N–H and O–H groups in total. The van der Waals surface area contributed by atoms with Gasteiger partial charge >= 0.3 is 0 Å². The van der Waals surface area contributed by atoms with E-state index in [1.54, 1.807) is 0 Å². The van der Waals surface area contributed by atoms with E-state index in [0.717, 1.165) is 18.5 Å². The first-order chi connectivity index (χ1) is 12.2. The third-order valence-corrected chi connectivity index (χ3v) is 4.99. The molecule has 130 valence electrons. The van der Waals surface area contributed by atoms with Gasteiger partial charge in [0.05, 0.1) is 0 Å². The van der Waals surface area contributed by atoms with Crippen LogP contribution in [0.4, 0.5) is 0 Å². The highest BCUT2D eigenvalue weighted by Gasteiger charge is 2.18. The maximum absolute atomic E-state index is 6.47. The Balaban J connectivity index is 1.89. The van der Waals surface area contributed by atoms with Crippen molar-refractivity contribution in [2.45, 2.75) is 18.3 Å². The van der Waals surface area contributed by atoms with Gasteiger partial charge in [-0.3, -0.25) is 5.43 Å². The van der Waals surface area contributed by atoms with Crippen molar-refractivity contribution < 1.29 is 0 Å². The van der Waals surface area contributed by atoms with Gasteiger partial charge in [0.1, 0.15) is 0 Å². The molecule has 5 heteroatoms. The van der Waals surface area contributed by atoms with Crippen LogP contribution in [0.5, 0.6) is 0 Å². The zero-order valence-corrected chi connectivity index (χ0v) is 15.6. The van der Waals surface area contributed by atoms with E-state index in [9.17, 15) is 0 Å². The van der Waals surface area contributed by atoms with E-state index < -0.39 is 0 Å². The molecule has 0 saturated carbocycles. The van der Waals surface area contributed by atoms with E-state index >= 15 is 0 Å². The van der Waals surface area contributed by atoms with Gasteiger partial charge in [0, 0.05) is 34.3 Å². The van der Waals surface area contributed by atoms with E-state index in [2.05, 4.69) is 46.2 Å². The zero-order chi connectivity index (χ0) is 17.6. The summed E-state index contributed by atoms with van der Waals surface area (Å²) in [7, 11) is 1.96. The average Bonchev–Trinajstić information content (AvgIpc) is 2.64. The number of nitrogens with zero attached hydrogens (tertiary/aromatic N) is 1. The molecule has 0 amide bonds. The summed E-state index contributed by atoms with van der Waals surface area (Å²) >= 11 is 12.5. The Morgan fingerprint density at radius 2 is 1.96 bits per heavy atom. The minimum Gasteiger partial charge on any atom is -0.320 e. The standard InChI is InChI=1S/C20H21Cl2N3/c1-23-10-9-18(19-7-6-17(21)12-20(19)22)15-4-2-14(3-5-15)16-8-11-24-25-13-16/h2-8,11-13,16,18,23-24H,9-10H2,1H3. The Bertz CT molecular complexity index is 757. The quantitative estimate of drug-likeness (QED) is 0.753. The molecule has 25 heavy (non-hydrogen) atoms. The molecule has 0 fully saturated rings. The third-order valence-electron chi connectivity index (χ3n) is 4.43. The second-order valence-corrected chi connectivity index (χ2v) is 6.91. The molecule has 2 aromatic carbocycles. The van der Waals surface area contributed by atoms with Crippen LogP contribution >= 0.6 is 23.2 Å². The highest BCUT2D eigenvalue weighted by atomic mass is 35.5. The summed E-state index contributed by atoms with van der Waals surface area (Å²) in [5.41, 5.74) is 6.40. The molecule has 1 heterocycles. The molecule has 2 aromatic rings. The molecule has 1 aliphatic heterocycles. The second kappa shape index (κ2) is 8.52. The fourth-order valence-electron chi connectivity index (χ4n) is 3.08. The Kier molecular flexibility index (Phi) is 6.14. The lowest BCUT2D eigenvalue weighted by molar-refractivity contribution is 0.661. The fraction of sp³-hybridized carbons (Fsp3) is 0.250. The summed E-state index contributed by atoms with van der Waals surface area (Å²) in [6.07, 6.45) is 6.83. The van der Waals surface area contributed by atoms with Crippen LogP contribution in [0.1, 0.15) is 34.9 Å². The molecule has 3 nitrogen and oxygen atoms in total. The average molecular weight is 374 g/mol. The summed E-state index contributed by atoms with van der Waals surface area (Å²) in [5, 5.41) is 8.70. The van der Waals surface area contributed by atoms with Crippen molar-refractivity contribution in [3.63, 3.8) is 0 Å². The minimum absolute atomic E-state index is 0.213. The summed E-state index contributed by atoms with van der Waals surface area (Å²) in [4.78, 5) is 0. The predicted molar refractivity (Wildman–Crippen MR) is 107 cm³/mol. The SMILES string of the molecule is CNCCC(c1ccc(C2C=CNN=C2)cc1)c1ccc(Cl)cc1Cl. The van der Waals surface area contributed by atoms with E-state index in [1.807, 2.05) is 37.7 Å². The number of hydrazone groups is 1. The van der Waals surface area contributed by atoms with Gasteiger partial charge in [-0.05, 0) is 48.8 Å². The van der Waals surface area contributed by atoms with Crippen LogP contribution in [0, 0.1) is 0 Å². The number of rotatable bonds is 6. The van der Waals surface area contributed by atoms with Crippen LogP contribution in [-0.2, 0) is 0 Å². The number of benzene rings is 2. The summed E-state index contributed by atoms with van der Waals surface area (Å²) < 4.78 is 0. The van der Waals surface area contributed by atoms with Gasteiger partial charge in [0.15, 0.2) is 0 Å². The lowest BCUT2D eigenvalue weighted by Gasteiger charge is -2.20. The summed E-state index contributed by atoms with van der Waals surface area (Å²) in [5.74, 6) is 0.439. The highest BCUT2D eigenvalue weighted by molar-refractivity contribution is 6.35. The maximum Gasteiger partial charge on any atom is 0.0459 e. The van der Waals surface area contributed by atoms with Crippen LogP contribution in [0.2, 0.25) is 10.0 Å². The van der Waals surface area contributed by atoms with Gasteiger partial charge in [-0.25, -0.2) is 0 Å². The fourth-order valence-corrected chi connectivity index (χ4v) is 3.63. The smallest absolute Gasteiger partial charge is 0.0459 e. The molecule has 0 radical (unpaired) electrons. The van der Waals surface area contributed by atoms with Crippen molar-refractivity contribution in [2.75, 3.05) is 13.6 Å². The first-order valence-corrected chi connectivity index (χ1v) is 9.09. The van der Waals surface area contributed by atoms with Crippen molar-refractivity contribution in [2.24, 2.45) is 5.10 Å². The molecule has 3 rings (SSSR count). The first kappa shape index (κ1) is 18.0. The lowest BCUT2D eigenvalue weighted by atomic mass is 9.87. The maximum atomic E-state index is 6.47. The van der Waals surface area contributed by atoms with E-state index in [-0.39, 0.29) is 11.8 Å². The number of hydrogen-bond acceptors (Lipinski definition) is 3. The van der Waals surface area contributed by atoms with Gasteiger partial charge in [-0.15, -0.1) is 0 Å². The normalized spacial score (nSPS) is 17.3. The molecule has 2 unspecified atom stereocenters. The Morgan fingerprint density at radius 1 is 1.16 bits per heavy atom. The van der Waals surface area contributed by atoms with Gasteiger partial charge in [-0.1, -0.05) is 59.6 Å². The first-order valence-electron chi connectivity index (χ1n) is 8.34. The molecule has 0 aliphatic carbocycles. The Morgan fingerprint density at radius 3 is 2.60 bits per heavy atom. The topological polar surface area (TPSA) is 36.4 Å². The zero-order valence-electron chi connectivity index (χ0n) is 14.0. The molecule has 0 spiro atoms. The molecular weight excluding hydrogens is 353 g/mol. The van der Waals surface area contributed by atoms with Gasteiger partial charge in [0.25, 0.3) is 0 Å². The third kappa shape index (κ3) is 4.43. The Hall–Kier alpha value is -1.81.